The summed E-state index contributed by atoms with van der Waals surface area (Å²) in [6.07, 6.45) is 1.74. The lowest BCUT2D eigenvalue weighted by molar-refractivity contribution is 0.140. The lowest BCUT2D eigenvalue weighted by atomic mass is 9.78. The van der Waals surface area contributed by atoms with E-state index in [1.54, 1.807) is 0 Å². The van der Waals surface area contributed by atoms with Crippen molar-refractivity contribution >= 4 is 0 Å². The van der Waals surface area contributed by atoms with Crippen LogP contribution in [0.4, 0.5) is 4.39 Å². The molecule has 2 rings (SSSR count). The van der Waals surface area contributed by atoms with Crippen molar-refractivity contribution in [3.8, 4) is 6.07 Å². The molecule has 0 saturated carbocycles. The zero-order chi connectivity index (χ0) is 11.1. The molecule has 3 atom stereocenters. The van der Waals surface area contributed by atoms with Crippen LogP contribution in [0.15, 0.2) is 0 Å². The highest BCUT2D eigenvalue weighted by atomic mass is 19.1. The van der Waals surface area contributed by atoms with Gasteiger partial charge in [-0.25, -0.2) is 4.39 Å². The van der Waals surface area contributed by atoms with Crippen LogP contribution in [0, 0.1) is 23.2 Å². The summed E-state index contributed by atoms with van der Waals surface area (Å²) in [6.45, 7) is 5.77. The second-order valence-corrected chi connectivity index (χ2v) is 5.42. The molecule has 0 aromatic rings. The van der Waals surface area contributed by atoms with Crippen molar-refractivity contribution in [1.29, 1.82) is 5.26 Å². The number of nitriles is 1. The summed E-state index contributed by atoms with van der Waals surface area (Å²) in [4.78, 5) is 2.23. The lowest BCUT2D eigenvalue weighted by Crippen LogP contribution is -2.43. The smallest absolute Gasteiger partial charge is 0.115 e. The quantitative estimate of drug-likeness (QED) is 0.699. The first-order valence-electron chi connectivity index (χ1n) is 5.87. The van der Waals surface area contributed by atoms with Crippen LogP contribution in [-0.2, 0) is 0 Å². The minimum atomic E-state index is -0.722. The first kappa shape index (κ1) is 10.9. The maximum Gasteiger partial charge on any atom is 0.115 e. The molecule has 0 N–H and O–H groups in total. The lowest BCUT2D eigenvalue weighted by Gasteiger charge is -2.35. The van der Waals surface area contributed by atoms with Crippen molar-refractivity contribution in [2.24, 2.45) is 11.8 Å². The third-order valence-electron chi connectivity index (χ3n) is 3.88. The molecule has 0 radical (unpaired) electrons. The summed E-state index contributed by atoms with van der Waals surface area (Å²) >= 11 is 0. The largest absolute Gasteiger partial charge is 0.293 e. The average Bonchev–Trinajstić information content (AvgIpc) is 2.56. The summed E-state index contributed by atoms with van der Waals surface area (Å²) in [7, 11) is 0. The Bertz CT molecular complexity index is 284. The molecule has 2 aliphatic heterocycles. The molecule has 0 aromatic carbocycles. The van der Waals surface area contributed by atoms with Gasteiger partial charge in [-0.1, -0.05) is 13.8 Å². The first-order valence-corrected chi connectivity index (χ1v) is 5.87. The van der Waals surface area contributed by atoms with Gasteiger partial charge in [0.15, 0.2) is 0 Å². The highest BCUT2D eigenvalue weighted by Crippen LogP contribution is 2.47. The Morgan fingerprint density at radius 1 is 1.60 bits per heavy atom. The fourth-order valence-electron chi connectivity index (χ4n) is 3.47. The molecular weight excluding hydrogens is 191 g/mol. The fourth-order valence-corrected chi connectivity index (χ4v) is 3.47. The molecule has 2 nitrogen and oxygen atoms in total. The molecule has 2 aliphatic rings. The van der Waals surface area contributed by atoms with Gasteiger partial charge in [-0.2, -0.15) is 5.26 Å². The molecule has 0 aliphatic carbocycles. The van der Waals surface area contributed by atoms with Crippen molar-refractivity contribution in [2.75, 3.05) is 13.1 Å². The molecule has 0 unspecified atom stereocenters. The van der Waals surface area contributed by atoms with Crippen LogP contribution in [-0.4, -0.2) is 29.7 Å². The predicted octanol–water partition coefficient (Wildman–Crippen LogP) is 2.36. The number of hydrogen-bond acceptors (Lipinski definition) is 2. The van der Waals surface area contributed by atoms with Gasteiger partial charge in [-0.15, -0.1) is 0 Å². The van der Waals surface area contributed by atoms with E-state index in [2.05, 4.69) is 24.8 Å². The Kier molecular flexibility index (Phi) is 2.72. The van der Waals surface area contributed by atoms with Gasteiger partial charge in [0.05, 0.1) is 12.0 Å². The Labute approximate surface area is 91.1 Å². The number of halogens is 1. The molecular formula is C12H19FN2. The van der Waals surface area contributed by atoms with E-state index in [0.29, 0.717) is 18.9 Å². The number of alkyl halides is 1. The molecule has 15 heavy (non-hydrogen) atoms. The van der Waals surface area contributed by atoms with Crippen LogP contribution in [0.5, 0.6) is 0 Å². The zero-order valence-electron chi connectivity index (χ0n) is 9.54. The van der Waals surface area contributed by atoms with Gasteiger partial charge in [-0.3, -0.25) is 4.90 Å². The van der Waals surface area contributed by atoms with Crippen LogP contribution < -0.4 is 0 Å². The van der Waals surface area contributed by atoms with E-state index in [1.807, 2.05) is 0 Å². The number of rotatable bonds is 2. The number of nitrogens with zero attached hydrogens (tertiary/aromatic N) is 2. The molecule has 0 bridgehead atoms. The third-order valence-corrected chi connectivity index (χ3v) is 3.88. The second-order valence-electron chi connectivity index (χ2n) is 5.42. The fraction of sp³-hybridized carbons (Fsp3) is 0.917. The molecule has 0 aromatic heterocycles. The van der Waals surface area contributed by atoms with Crippen molar-refractivity contribution in [1.82, 2.24) is 4.90 Å². The minimum absolute atomic E-state index is 0.0423. The summed E-state index contributed by atoms with van der Waals surface area (Å²) in [5, 5.41) is 9.18. The van der Waals surface area contributed by atoms with Gasteiger partial charge in [0.2, 0.25) is 0 Å². The molecule has 0 amide bonds. The summed E-state index contributed by atoms with van der Waals surface area (Å²) in [6, 6.07) is 2.39. The van der Waals surface area contributed by atoms with Gasteiger partial charge in [-0.05, 0) is 25.2 Å². The molecule has 84 valence electrons. The number of hydrogen-bond donors (Lipinski definition) is 0. The monoisotopic (exact) mass is 210 g/mol. The highest BCUT2D eigenvalue weighted by Gasteiger charge is 2.54. The topological polar surface area (TPSA) is 27.0 Å². The van der Waals surface area contributed by atoms with Crippen molar-refractivity contribution in [3.63, 3.8) is 0 Å². The van der Waals surface area contributed by atoms with Crippen molar-refractivity contribution < 1.29 is 4.39 Å². The Morgan fingerprint density at radius 2 is 2.33 bits per heavy atom. The minimum Gasteiger partial charge on any atom is -0.293 e. The van der Waals surface area contributed by atoms with E-state index < -0.39 is 6.17 Å². The summed E-state index contributed by atoms with van der Waals surface area (Å²) in [5.74, 6) is 0.576. The Balaban J connectivity index is 2.24. The van der Waals surface area contributed by atoms with Gasteiger partial charge in [0.1, 0.15) is 6.17 Å². The van der Waals surface area contributed by atoms with Crippen molar-refractivity contribution in [3.05, 3.63) is 0 Å². The Hall–Kier alpha value is -0.620. The van der Waals surface area contributed by atoms with Crippen LogP contribution in [0.3, 0.4) is 0 Å². The molecule has 3 heteroatoms. The first-order chi connectivity index (χ1) is 7.08. The summed E-state index contributed by atoms with van der Waals surface area (Å²) < 4.78 is 13.5. The molecule has 0 spiro atoms. The number of fused-ring (bicyclic) bond motifs is 1. The summed E-state index contributed by atoms with van der Waals surface area (Å²) in [5.41, 5.74) is -0.137. The van der Waals surface area contributed by atoms with Gasteiger partial charge < -0.3 is 0 Å². The second kappa shape index (κ2) is 3.75. The highest BCUT2D eigenvalue weighted by molar-refractivity contribution is 5.14. The van der Waals surface area contributed by atoms with Crippen molar-refractivity contribution in [2.45, 2.75) is 44.8 Å². The van der Waals surface area contributed by atoms with Gasteiger partial charge in [0, 0.05) is 18.6 Å². The normalized spacial score (nSPS) is 40.7. The van der Waals surface area contributed by atoms with E-state index in [-0.39, 0.29) is 11.5 Å². The van der Waals surface area contributed by atoms with Gasteiger partial charge in [0.25, 0.3) is 0 Å². The van der Waals surface area contributed by atoms with E-state index in [9.17, 15) is 9.65 Å². The third kappa shape index (κ3) is 1.65. The maximum absolute atomic E-state index is 13.5. The van der Waals surface area contributed by atoms with E-state index >= 15 is 0 Å². The standard InChI is InChI=1S/C12H19FN2/c1-9(2)5-12-6-11(13)8-15(12)4-3-10(12)7-14/h9-11H,3-6,8H2,1-2H3/t10-,11+,12+/m0/s1. The van der Waals surface area contributed by atoms with Crippen LogP contribution in [0.2, 0.25) is 0 Å². The maximum atomic E-state index is 13.5. The van der Waals surface area contributed by atoms with E-state index in [1.165, 1.54) is 0 Å². The van der Waals surface area contributed by atoms with Crippen LogP contribution in [0.1, 0.15) is 33.1 Å². The van der Waals surface area contributed by atoms with E-state index in [4.69, 9.17) is 0 Å². The van der Waals surface area contributed by atoms with Crippen LogP contribution in [0.25, 0.3) is 0 Å². The zero-order valence-corrected chi connectivity index (χ0v) is 9.54. The van der Waals surface area contributed by atoms with Gasteiger partial charge >= 0.3 is 0 Å². The molecule has 2 heterocycles. The molecule has 2 saturated heterocycles. The van der Waals surface area contributed by atoms with E-state index in [0.717, 1.165) is 19.4 Å². The average molecular weight is 210 g/mol. The molecule has 2 fully saturated rings. The van der Waals surface area contributed by atoms with Crippen LogP contribution >= 0.6 is 0 Å². The Morgan fingerprint density at radius 3 is 2.93 bits per heavy atom. The predicted molar refractivity (Wildman–Crippen MR) is 57.0 cm³/mol. The SMILES string of the molecule is CC(C)C[C@]12C[C@@H](F)CN1CC[C@H]2C#N.